The third-order valence-electron chi connectivity index (χ3n) is 5.02. The van der Waals surface area contributed by atoms with Gasteiger partial charge in [-0.1, -0.05) is 30.3 Å². The maximum atomic E-state index is 11.4. The van der Waals surface area contributed by atoms with Gasteiger partial charge in [0.25, 0.3) is 0 Å². The van der Waals surface area contributed by atoms with Crippen molar-refractivity contribution in [1.29, 1.82) is 0 Å². The number of carboxylic acids is 1. The van der Waals surface area contributed by atoms with Gasteiger partial charge in [0.1, 0.15) is 0 Å². The van der Waals surface area contributed by atoms with Gasteiger partial charge in [-0.25, -0.2) is 9.31 Å². The van der Waals surface area contributed by atoms with E-state index in [1.165, 1.54) is 10.1 Å². The number of piperidine rings is 1. The van der Waals surface area contributed by atoms with Crippen LogP contribution in [-0.2, 0) is 6.42 Å². The lowest BCUT2D eigenvalue weighted by molar-refractivity contribution is 0.0687. The highest BCUT2D eigenvalue weighted by atomic mass is 16.4. The van der Waals surface area contributed by atoms with Crippen molar-refractivity contribution < 1.29 is 9.90 Å². The Morgan fingerprint density at radius 1 is 1.15 bits per heavy atom. The summed E-state index contributed by atoms with van der Waals surface area (Å²) in [4.78, 5) is 17.9. The Morgan fingerprint density at radius 2 is 1.88 bits per heavy atom. The van der Waals surface area contributed by atoms with Crippen LogP contribution in [-0.4, -0.2) is 38.8 Å². The summed E-state index contributed by atoms with van der Waals surface area (Å²) in [6, 6.07) is 13.9. The minimum absolute atomic E-state index is 0.0620. The number of rotatable bonds is 4. The molecule has 26 heavy (non-hydrogen) atoms. The fourth-order valence-corrected chi connectivity index (χ4v) is 3.70. The second kappa shape index (κ2) is 6.67. The van der Waals surface area contributed by atoms with Gasteiger partial charge in [-0.15, -0.1) is 5.10 Å². The van der Waals surface area contributed by atoms with E-state index in [0.717, 1.165) is 38.0 Å². The molecular formula is C19H21N5O2. The number of hydrogen-bond donors (Lipinski definition) is 2. The number of carboxylic acid groups (broad SMARTS) is 1. The highest BCUT2D eigenvalue weighted by Gasteiger charge is 2.23. The van der Waals surface area contributed by atoms with Crippen molar-refractivity contribution in [3.05, 3.63) is 53.7 Å². The molecule has 0 saturated carbocycles. The van der Waals surface area contributed by atoms with Crippen LogP contribution < -0.4 is 10.6 Å². The average molecular weight is 351 g/mol. The van der Waals surface area contributed by atoms with E-state index in [1.54, 1.807) is 6.07 Å². The minimum atomic E-state index is -1.05. The number of nitrogen functional groups attached to an aromatic ring is 1. The second-order valence-corrected chi connectivity index (χ2v) is 6.73. The second-order valence-electron chi connectivity index (χ2n) is 6.73. The molecule has 3 heterocycles. The van der Waals surface area contributed by atoms with E-state index in [9.17, 15) is 9.90 Å². The lowest BCUT2D eigenvalue weighted by Gasteiger charge is -2.33. The third kappa shape index (κ3) is 3.08. The molecule has 3 N–H and O–H groups in total. The number of hydrogen-bond acceptors (Lipinski definition) is 5. The Bertz CT molecular complexity index is 930. The molecular weight excluding hydrogens is 330 g/mol. The predicted octanol–water partition coefficient (Wildman–Crippen LogP) is 2.47. The van der Waals surface area contributed by atoms with Crippen LogP contribution in [0.5, 0.6) is 0 Å². The Morgan fingerprint density at radius 3 is 2.58 bits per heavy atom. The summed E-state index contributed by atoms with van der Waals surface area (Å²) in [5.41, 5.74) is 8.54. The molecule has 7 nitrogen and oxygen atoms in total. The van der Waals surface area contributed by atoms with Gasteiger partial charge in [-0.2, -0.15) is 4.98 Å². The Labute approximate surface area is 151 Å². The topological polar surface area (TPSA) is 96.8 Å². The minimum Gasteiger partial charge on any atom is -0.477 e. The number of pyridine rings is 1. The molecule has 4 rings (SSSR count). The van der Waals surface area contributed by atoms with Crippen molar-refractivity contribution >= 4 is 23.3 Å². The summed E-state index contributed by atoms with van der Waals surface area (Å²) in [5, 5.41) is 13.4. The maximum absolute atomic E-state index is 11.4. The van der Waals surface area contributed by atoms with Gasteiger partial charge >= 0.3 is 5.97 Å². The molecule has 1 aliphatic heterocycles. The van der Waals surface area contributed by atoms with E-state index in [-0.39, 0.29) is 11.6 Å². The van der Waals surface area contributed by atoms with Crippen LogP contribution >= 0.6 is 0 Å². The lowest BCUT2D eigenvalue weighted by atomic mass is 9.90. The van der Waals surface area contributed by atoms with Gasteiger partial charge in [0, 0.05) is 13.1 Å². The number of anilines is 2. The van der Waals surface area contributed by atoms with Gasteiger partial charge in [-0.05, 0) is 42.9 Å². The van der Waals surface area contributed by atoms with Gasteiger partial charge < -0.3 is 15.7 Å². The summed E-state index contributed by atoms with van der Waals surface area (Å²) in [7, 11) is 0. The monoisotopic (exact) mass is 351 g/mol. The van der Waals surface area contributed by atoms with E-state index in [1.807, 2.05) is 12.1 Å². The number of carbonyl (C=O) groups is 1. The lowest BCUT2D eigenvalue weighted by Crippen LogP contribution is -2.34. The van der Waals surface area contributed by atoms with E-state index in [4.69, 9.17) is 5.73 Å². The normalized spacial score (nSPS) is 15.5. The average Bonchev–Trinajstić information content (AvgIpc) is 3.03. The summed E-state index contributed by atoms with van der Waals surface area (Å²) in [6.45, 7) is 1.82. The first kappa shape index (κ1) is 16.4. The van der Waals surface area contributed by atoms with E-state index in [2.05, 4.69) is 39.2 Å². The molecule has 1 saturated heterocycles. The Kier molecular flexibility index (Phi) is 4.20. The van der Waals surface area contributed by atoms with Crippen molar-refractivity contribution in [3.8, 4) is 0 Å². The fraction of sp³-hybridized carbons (Fsp3) is 0.316. The first-order valence-electron chi connectivity index (χ1n) is 8.79. The summed E-state index contributed by atoms with van der Waals surface area (Å²) in [5.74, 6) is -0.308. The zero-order valence-corrected chi connectivity index (χ0v) is 14.4. The summed E-state index contributed by atoms with van der Waals surface area (Å²) >= 11 is 0. The first-order valence-corrected chi connectivity index (χ1v) is 8.79. The SMILES string of the molecule is Nc1nc2c(N3CCC(Cc4ccccc4)CC3)ccc(C(=O)O)n2n1. The summed E-state index contributed by atoms with van der Waals surface area (Å²) < 4.78 is 1.32. The molecule has 1 aromatic carbocycles. The van der Waals surface area contributed by atoms with Crippen molar-refractivity contribution in [2.45, 2.75) is 19.3 Å². The molecule has 0 bridgehead atoms. The molecule has 134 valence electrons. The van der Waals surface area contributed by atoms with Crippen LogP contribution in [0.3, 0.4) is 0 Å². The van der Waals surface area contributed by atoms with Crippen molar-refractivity contribution in [2.24, 2.45) is 5.92 Å². The quantitative estimate of drug-likeness (QED) is 0.749. The Balaban J connectivity index is 1.53. The van der Waals surface area contributed by atoms with Crippen LogP contribution in [0.15, 0.2) is 42.5 Å². The zero-order valence-electron chi connectivity index (χ0n) is 14.4. The van der Waals surface area contributed by atoms with Crippen molar-refractivity contribution in [3.63, 3.8) is 0 Å². The number of benzene rings is 1. The molecule has 0 atom stereocenters. The number of fused-ring (bicyclic) bond motifs is 1. The first-order chi connectivity index (χ1) is 12.6. The molecule has 0 spiro atoms. The van der Waals surface area contributed by atoms with Gasteiger partial charge in [0.2, 0.25) is 5.95 Å². The third-order valence-corrected chi connectivity index (χ3v) is 5.02. The van der Waals surface area contributed by atoms with Crippen LogP contribution in [0.4, 0.5) is 11.6 Å². The van der Waals surface area contributed by atoms with Gasteiger partial charge in [0.15, 0.2) is 11.3 Å². The van der Waals surface area contributed by atoms with Crippen LogP contribution in [0, 0.1) is 5.92 Å². The molecule has 3 aromatic rings. The van der Waals surface area contributed by atoms with Gasteiger partial charge in [-0.3, -0.25) is 0 Å². The van der Waals surface area contributed by atoms with Crippen molar-refractivity contribution in [1.82, 2.24) is 14.6 Å². The number of nitrogens with zero attached hydrogens (tertiary/aromatic N) is 4. The molecule has 0 amide bonds. The van der Waals surface area contributed by atoms with Crippen LogP contribution in [0.25, 0.3) is 5.65 Å². The number of nitrogens with two attached hydrogens (primary N) is 1. The maximum Gasteiger partial charge on any atom is 0.354 e. The number of aromatic carboxylic acids is 1. The Hall–Kier alpha value is -3.09. The van der Waals surface area contributed by atoms with Crippen LogP contribution in [0.2, 0.25) is 0 Å². The molecule has 0 aliphatic carbocycles. The van der Waals surface area contributed by atoms with Gasteiger partial charge in [0.05, 0.1) is 5.69 Å². The molecule has 0 unspecified atom stereocenters. The van der Waals surface area contributed by atoms with E-state index >= 15 is 0 Å². The molecule has 1 aliphatic rings. The van der Waals surface area contributed by atoms with Crippen LogP contribution in [0.1, 0.15) is 28.9 Å². The molecule has 0 radical (unpaired) electrons. The summed E-state index contributed by atoms with van der Waals surface area (Å²) in [6.07, 6.45) is 3.27. The predicted molar refractivity (Wildman–Crippen MR) is 99.4 cm³/mol. The van der Waals surface area contributed by atoms with E-state index in [0.29, 0.717) is 11.6 Å². The molecule has 7 heteroatoms. The smallest absolute Gasteiger partial charge is 0.354 e. The largest absolute Gasteiger partial charge is 0.477 e. The highest BCUT2D eigenvalue weighted by Crippen LogP contribution is 2.29. The molecule has 2 aromatic heterocycles. The highest BCUT2D eigenvalue weighted by molar-refractivity contribution is 5.88. The zero-order chi connectivity index (χ0) is 18.1. The number of aromatic nitrogens is 3. The van der Waals surface area contributed by atoms with E-state index < -0.39 is 5.97 Å². The van der Waals surface area contributed by atoms with Crippen molar-refractivity contribution in [2.75, 3.05) is 23.7 Å². The molecule has 1 fully saturated rings. The standard InChI is InChI=1S/C19H21N5O2/c20-19-21-17-15(6-7-16(18(25)26)24(17)22-19)23-10-8-14(9-11-23)12-13-4-2-1-3-5-13/h1-7,14H,8-12H2,(H2,20,22)(H,25,26). The fourth-order valence-electron chi connectivity index (χ4n) is 3.70.